The van der Waals surface area contributed by atoms with Crippen LogP contribution in [0.2, 0.25) is 0 Å². The standard InChI is InChI=1S/C12H15F3N2O2.ClH/c1-3-19-11(18)7(2)10(16)8-4-5-9(17-6-8)12(13,14)15;/h4-7,10H,3,16H2,1-2H3;1H. The zero-order valence-electron chi connectivity index (χ0n) is 11.0. The minimum atomic E-state index is -4.49. The number of carbonyl (C=O) groups excluding carboxylic acids is 1. The number of rotatable bonds is 4. The van der Waals surface area contributed by atoms with Crippen LogP contribution in [-0.2, 0) is 15.7 Å². The van der Waals surface area contributed by atoms with Gasteiger partial charge < -0.3 is 10.5 Å². The van der Waals surface area contributed by atoms with Crippen LogP contribution in [0.1, 0.15) is 31.1 Å². The molecule has 0 amide bonds. The second-order valence-electron chi connectivity index (χ2n) is 4.04. The first kappa shape index (κ1) is 18.7. The van der Waals surface area contributed by atoms with E-state index in [0.717, 1.165) is 12.3 Å². The Labute approximate surface area is 120 Å². The Bertz CT molecular complexity index is 437. The van der Waals surface area contributed by atoms with Crippen molar-refractivity contribution >= 4 is 18.4 Å². The van der Waals surface area contributed by atoms with Gasteiger partial charge in [0.25, 0.3) is 0 Å². The molecule has 4 nitrogen and oxygen atoms in total. The molecule has 2 atom stereocenters. The number of nitrogens with two attached hydrogens (primary N) is 1. The maximum Gasteiger partial charge on any atom is 0.433 e. The first-order valence-electron chi connectivity index (χ1n) is 5.72. The van der Waals surface area contributed by atoms with Gasteiger partial charge in [-0.1, -0.05) is 13.0 Å². The number of esters is 1. The van der Waals surface area contributed by atoms with E-state index in [9.17, 15) is 18.0 Å². The molecule has 1 rings (SSSR count). The normalized spacial score (nSPS) is 14.1. The van der Waals surface area contributed by atoms with Crippen molar-refractivity contribution in [3.63, 3.8) is 0 Å². The summed E-state index contributed by atoms with van der Waals surface area (Å²) in [6.07, 6.45) is -3.46. The van der Waals surface area contributed by atoms with Crippen LogP contribution >= 0.6 is 12.4 Å². The van der Waals surface area contributed by atoms with Gasteiger partial charge in [-0.2, -0.15) is 13.2 Å². The highest BCUT2D eigenvalue weighted by molar-refractivity contribution is 5.85. The monoisotopic (exact) mass is 312 g/mol. The van der Waals surface area contributed by atoms with Crippen LogP contribution in [0, 0.1) is 5.92 Å². The summed E-state index contributed by atoms with van der Waals surface area (Å²) in [5.41, 5.74) is 5.17. The predicted octanol–water partition coefficient (Wildman–Crippen LogP) is 2.72. The van der Waals surface area contributed by atoms with Crippen LogP contribution in [-0.4, -0.2) is 17.6 Å². The smallest absolute Gasteiger partial charge is 0.433 e. The molecule has 2 unspecified atom stereocenters. The Morgan fingerprint density at radius 1 is 1.45 bits per heavy atom. The lowest BCUT2D eigenvalue weighted by molar-refractivity contribution is -0.148. The molecular formula is C12H16ClF3N2O2. The lowest BCUT2D eigenvalue weighted by Gasteiger charge is -2.18. The lowest BCUT2D eigenvalue weighted by Crippen LogP contribution is -2.27. The molecule has 0 aliphatic heterocycles. The van der Waals surface area contributed by atoms with Gasteiger partial charge >= 0.3 is 12.1 Å². The highest BCUT2D eigenvalue weighted by Crippen LogP contribution is 2.28. The molecule has 0 spiro atoms. The first-order valence-corrected chi connectivity index (χ1v) is 5.72. The van der Waals surface area contributed by atoms with Crippen LogP contribution in [0.5, 0.6) is 0 Å². The van der Waals surface area contributed by atoms with E-state index in [2.05, 4.69) is 4.98 Å². The van der Waals surface area contributed by atoms with Gasteiger partial charge in [-0.15, -0.1) is 12.4 Å². The van der Waals surface area contributed by atoms with E-state index in [1.165, 1.54) is 6.07 Å². The number of hydrogen-bond donors (Lipinski definition) is 1. The molecule has 0 fully saturated rings. The van der Waals surface area contributed by atoms with Gasteiger partial charge in [0.05, 0.1) is 12.5 Å². The van der Waals surface area contributed by atoms with Crippen molar-refractivity contribution in [2.24, 2.45) is 11.7 Å². The van der Waals surface area contributed by atoms with E-state index >= 15 is 0 Å². The molecule has 20 heavy (non-hydrogen) atoms. The average molecular weight is 313 g/mol. The van der Waals surface area contributed by atoms with Crippen molar-refractivity contribution in [3.8, 4) is 0 Å². The summed E-state index contributed by atoms with van der Waals surface area (Å²) < 4.78 is 41.8. The fraction of sp³-hybridized carbons (Fsp3) is 0.500. The van der Waals surface area contributed by atoms with Crippen molar-refractivity contribution in [2.75, 3.05) is 6.61 Å². The van der Waals surface area contributed by atoms with E-state index in [0.29, 0.717) is 5.56 Å². The fourth-order valence-corrected chi connectivity index (χ4v) is 1.48. The maximum atomic E-state index is 12.3. The molecule has 1 heterocycles. The summed E-state index contributed by atoms with van der Waals surface area (Å²) in [6, 6.07) is 1.30. The molecule has 0 radical (unpaired) electrons. The van der Waals surface area contributed by atoms with Gasteiger partial charge in [0.15, 0.2) is 0 Å². The molecule has 0 saturated carbocycles. The Morgan fingerprint density at radius 2 is 2.05 bits per heavy atom. The number of hydrogen-bond acceptors (Lipinski definition) is 4. The fourth-order valence-electron chi connectivity index (χ4n) is 1.48. The van der Waals surface area contributed by atoms with Crippen molar-refractivity contribution in [3.05, 3.63) is 29.6 Å². The maximum absolute atomic E-state index is 12.3. The third-order valence-corrected chi connectivity index (χ3v) is 2.66. The molecule has 0 saturated heterocycles. The summed E-state index contributed by atoms with van der Waals surface area (Å²) in [6.45, 7) is 3.44. The third-order valence-electron chi connectivity index (χ3n) is 2.66. The molecule has 2 N–H and O–H groups in total. The van der Waals surface area contributed by atoms with Crippen LogP contribution < -0.4 is 5.73 Å². The topological polar surface area (TPSA) is 65.2 Å². The molecule has 114 valence electrons. The first-order chi connectivity index (χ1) is 8.77. The van der Waals surface area contributed by atoms with Gasteiger partial charge in [0, 0.05) is 12.2 Å². The van der Waals surface area contributed by atoms with Crippen molar-refractivity contribution in [1.82, 2.24) is 4.98 Å². The molecular weight excluding hydrogens is 297 g/mol. The summed E-state index contributed by atoms with van der Waals surface area (Å²) in [5, 5.41) is 0. The summed E-state index contributed by atoms with van der Waals surface area (Å²) in [4.78, 5) is 14.8. The highest BCUT2D eigenvalue weighted by atomic mass is 35.5. The second kappa shape index (κ2) is 7.44. The Hall–Kier alpha value is -1.34. The van der Waals surface area contributed by atoms with E-state index in [1.54, 1.807) is 13.8 Å². The van der Waals surface area contributed by atoms with Gasteiger partial charge in [-0.3, -0.25) is 9.78 Å². The molecule has 0 bridgehead atoms. The van der Waals surface area contributed by atoms with Crippen molar-refractivity contribution in [1.29, 1.82) is 0 Å². The van der Waals surface area contributed by atoms with Gasteiger partial charge in [0.2, 0.25) is 0 Å². The summed E-state index contributed by atoms with van der Waals surface area (Å²) in [7, 11) is 0. The van der Waals surface area contributed by atoms with E-state index in [4.69, 9.17) is 10.5 Å². The predicted molar refractivity (Wildman–Crippen MR) is 69.2 cm³/mol. The summed E-state index contributed by atoms with van der Waals surface area (Å²) >= 11 is 0. The second-order valence-corrected chi connectivity index (χ2v) is 4.04. The van der Waals surface area contributed by atoms with Crippen LogP contribution in [0.4, 0.5) is 13.2 Å². The van der Waals surface area contributed by atoms with Crippen molar-refractivity contribution < 1.29 is 22.7 Å². The van der Waals surface area contributed by atoms with E-state index < -0.39 is 29.8 Å². The van der Waals surface area contributed by atoms with Crippen LogP contribution in [0.25, 0.3) is 0 Å². The molecule has 0 aliphatic rings. The Morgan fingerprint density at radius 3 is 2.45 bits per heavy atom. The number of ether oxygens (including phenoxy) is 1. The summed E-state index contributed by atoms with van der Waals surface area (Å²) in [5.74, 6) is -1.15. The highest BCUT2D eigenvalue weighted by Gasteiger charge is 2.32. The zero-order valence-corrected chi connectivity index (χ0v) is 11.8. The van der Waals surface area contributed by atoms with Crippen molar-refractivity contribution in [2.45, 2.75) is 26.1 Å². The van der Waals surface area contributed by atoms with Crippen LogP contribution in [0.3, 0.4) is 0 Å². The zero-order chi connectivity index (χ0) is 14.6. The lowest BCUT2D eigenvalue weighted by atomic mass is 9.96. The average Bonchev–Trinajstić information content (AvgIpc) is 2.36. The molecule has 1 aromatic heterocycles. The van der Waals surface area contributed by atoms with E-state index in [-0.39, 0.29) is 19.0 Å². The third kappa shape index (κ3) is 4.64. The minimum Gasteiger partial charge on any atom is -0.466 e. The molecule has 8 heteroatoms. The number of alkyl halides is 3. The SMILES string of the molecule is CCOC(=O)C(C)C(N)c1ccc(C(F)(F)F)nc1.Cl. The van der Waals surface area contributed by atoms with Gasteiger partial charge in [0.1, 0.15) is 5.69 Å². The number of carbonyl (C=O) groups is 1. The van der Waals surface area contributed by atoms with E-state index in [1.807, 2.05) is 0 Å². The minimum absolute atomic E-state index is 0. The van der Waals surface area contributed by atoms with Gasteiger partial charge in [-0.05, 0) is 18.6 Å². The number of nitrogens with zero attached hydrogens (tertiary/aromatic N) is 1. The number of halogens is 4. The number of pyridine rings is 1. The molecule has 0 aliphatic carbocycles. The quantitative estimate of drug-likeness (QED) is 0.868. The number of aromatic nitrogens is 1. The van der Waals surface area contributed by atoms with Crippen LogP contribution in [0.15, 0.2) is 18.3 Å². The Balaban J connectivity index is 0.00000361. The van der Waals surface area contributed by atoms with Gasteiger partial charge in [-0.25, -0.2) is 0 Å². The molecule has 1 aromatic rings. The Kier molecular flexibility index (Phi) is 6.95. The molecule has 0 aromatic carbocycles. The largest absolute Gasteiger partial charge is 0.466 e.